The molecule has 0 saturated heterocycles. The van der Waals surface area contributed by atoms with Gasteiger partial charge in [-0.1, -0.05) is 36.4 Å². The van der Waals surface area contributed by atoms with E-state index >= 15 is 0 Å². The maximum absolute atomic E-state index is 11.8. The number of primary amides is 1. The predicted molar refractivity (Wildman–Crippen MR) is 74.4 cm³/mol. The van der Waals surface area contributed by atoms with Crippen molar-refractivity contribution in [3.05, 3.63) is 42.5 Å². The van der Waals surface area contributed by atoms with Crippen molar-refractivity contribution in [1.29, 1.82) is 0 Å². The molecule has 0 fully saturated rings. The Morgan fingerprint density at radius 1 is 1.11 bits per heavy atom. The summed E-state index contributed by atoms with van der Waals surface area (Å²) in [4.78, 5) is 22.6. The van der Waals surface area contributed by atoms with Crippen LogP contribution in [0.3, 0.4) is 0 Å². The lowest BCUT2D eigenvalue weighted by molar-refractivity contribution is -0.123. The second-order valence-electron chi connectivity index (χ2n) is 4.29. The van der Waals surface area contributed by atoms with E-state index in [1.165, 1.54) is 0 Å². The van der Waals surface area contributed by atoms with Gasteiger partial charge in [-0.15, -0.1) is 0 Å². The zero-order valence-electron chi connectivity index (χ0n) is 10.3. The SMILES string of the molecule is NC(=O)CC(N)C(=O)Nc1cccc2ccccc12. The molecule has 1 unspecified atom stereocenters. The number of fused-ring (bicyclic) bond motifs is 1. The second-order valence-corrected chi connectivity index (χ2v) is 4.29. The van der Waals surface area contributed by atoms with Crippen molar-refractivity contribution in [2.24, 2.45) is 11.5 Å². The van der Waals surface area contributed by atoms with Crippen molar-refractivity contribution in [3.63, 3.8) is 0 Å². The first-order valence-electron chi connectivity index (χ1n) is 5.90. The fourth-order valence-electron chi connectivity index (χ4n) is 1.87. The number of hydrogen-bond acceptors (Lipinski definition) is 3. The van der Waals surface area contributed by atoms with Crippen molar-refractivity contribution in [1.82, 2.24) is 0 Å². The highest BCUT2D eigenvalue weighted by atomic mass is 16.2. The van der Waals surface area contributed by atoms with Gasteiger partial charge < -0.3 is 16.8 Å². The molecule has 5 nitrogen and oxygen atoms in total. The van der Waals surface area contributed by atoms with Gasteiger partial charge in [-0.3, -0.25) is 9.59 Å². The molecule has 0 aliphatic rings. The first kappa shape index (κ1) is 13.0. The molecule has 2 aromatic carbocycles. The van der Waals surface area contributed by atoms with E-state index in [4.69, 9.17) is 11.5 Å². The number of benzene rings is 2. The third-order valence-corrected chi connectivity index (χ3v) is 2.81. The number of nitrogens with one attached hydrogen (secondary N) is 1. The van der Waals surface area contributed by atoms with Crippen LogP contribution in [0.5, 0.6) is 0 Å². The maximum atomic E-state index is 11.8. The lowest BCUT2D eigenvalue weighted by Crippen LogP contribution is -2.39. The molecule has 2 rings (SSSR count). The molecule has 2 amide bonds. The average Bonchev–Trinajstić information content (AvgIpc) is 2.38. The Morgan fingerprint density at radius 2 is 1.79 bits per heavy atom. The summed E-state index contributed by atoms with van der Waals surface area (Å²) in [6.45, 7) is 0. The van der Waals surface area contributed by atoms with Gasteiger partial charge in [-0.05, 0) is 11.5 Å². The monoisotopic (exact) mass is 257 g/mol. The van der Waals surface area contributed by atoms with E-state index in [0.717, 1.165) is 10.8 Å². The van der Waals surface area contributed by atoms with E-state index in [1.54, 1.807) is 6.07 Å². The molecule has 0 aliphatic carbocycles. The number of carbonyl (C=O) groups excluding carboxylic acids is 2. The molecule has 2 aromatic rings. The number of carbonyl (C=O) groups is 2. The fraction of sp³-hybridized carbons (Fsp3) is 0.143. The molecule has 0 aliphatic heterocycles. The molecule has 0 spiro atoms. The summed E-state index contributed by atoms with van der Waals surface area (Å²) in [5.74, 6) is -1.02. The molecule has 0 heterocycles. The smallest absolute Gasteiger partial charge is 0.241 e. The van der Waals surface area contributed by atoms with Crippen molar-refractivity contribution < 1.29 is 9.59 Å². The topological polar surface area (TPSA) is 98.2 Å². The molecule has 0 saturated carbocycles. The van der Waals surface area contributed by atoms with Crippen molar-refractivity contribution in [2.45, 2.75) is 12.5 Å². The Balaban J connectivity index is 2.22. The molecule has 5 N–H and O–H groups in total. The molecule has 0 bridgehead atoms. The van der Waals surface area contributed by atoms with Gasteiger partial charge in [0.1, 0.15) is 0 Å². The minimum atomic E-state index is -0.934. The van der Waals surface area contributed by atoms with E-state index in [1.807, 2.05) is 36.4 Å². The molecule has 1 atom stereocenters. The van der Waals surface area contributed by atoms with Crippen LogP contribution in [-0.2, 0) is 9.59 Å². The molecule has 0 radical (unpaired) electrons. The number of nitrogens with two attached hydrogens (primary N) is 2. The summed E-state index contributed by atoms with van der Waals surface area (Å²) in [5, 5.41) is 4.66. The Kier molecular flexibility index (Phi) is 3.77. The largest absolute Gasteiger partial charge is 0.370 e. The normalized spacial score (nSPS) is 12.1. The molecule has 5 heteroatoms. The van der Waals surface area contributed by atoms with E-state index < -0.39 is 17.9 Å². The third kappa shape index (κ3) is 3.08. The molecular formula is C14H15N3O2. The van der Waals surface area contributed by atoms with Crippen LogP contribution in [-0.4, -0.2) is 17.9 Å². The van der Waals surface area contributed by atoms with Crippen LogP contribution in [0.1, 0.15) is 6.42 Å². The van der Waals surface area contributed by atoms with E-state index in [9.17, 15) is 9.59 Å². The van der Waals surface area contributed by atoms with Crippen LogP contribution in [0.4, 0.5) is 5.69 Å². The maximum Gasteiger partial charge on any atom is 0.241 e. The Hall–Kier alpha value is -2.40. The van der Waals surface area contributed by atoms with Gasteiger partial charge in [0.2, 0.25) is 11.8 Å². The Morgan fingerprint density at radius 3 is 2.53 bits per heavy atom. The summed E-state index contributed by atoms with van der Waals surface area (Å²) in [6, 6.07) is 12.3. The van der Waals surface area contributed by atoms with Crippen LogP contribution in [0.15, 0.2) is 42.5 Å². The number of anilines is 1. The predicted octanol–water partition coefficient (Wildman–Crippen LogP) is 0.981. The summed E-state index contributed by atoms with van der Waals surface area (Å²) < 4.78 is 0. The minimum absolute atomic E-state index is 0.170. The standard InChI is InChI=1S/C14H15N3O2/c15-11(8-13(16)18)14(19)17-12-7-3-5-9-4-1-2-6-10(9)12/h1-7,11H,8,15H2,(H2,16,18)(H,17,19). The Bertz CT molecular complexity index is 620. The van der Waals surface area contributed by atoms with Gasteiger partial charge in [-0.25, -0.2) is 0 Å². The summed E-state index contributed by atoms with van der Waals surface area (Å²) >= 11 is 0. The first-order valence-corrected chi connectivity index (χ1v) is 5.90. The highest BCUT2D eigenvalue weighted by Crippen LogP contribution is 2.22. The van der Waals surface area contributed by atoms with Gasteiger partial charge in [0.05, 0.1) is 12.5 Å². The van der Waals surface area contributed by atoms with Crippen molar-refractivity contribution in [3.8, 4) is 0 Å². The first-order chi connectivity index (χ1) is 9.08. The Labute approximate surface area is 110 Å². The zero-order valence-corrected chi connectivity index (χ0v) is 10.3. The highest BCUT2D eigenvalue weighted by Gasteiger charge is 2.16. The van der Waals surface area contributed by atoms with Gasteiger partial charge in [0.25, 0.3) is 0 Å². The van der Waals surface area contributed by atoms with Crippen LogP contribution < -0.4 is 16.8 Å². The van der Waals surface area contributed by atoms with Crippen molar-refractivity contribution >= 4 is 28.3 Å². The van der Waals surface area contributed by atoms with Gasteiger partial charge in [0, 0.05) is 11.1 Å². The highest BCUT2D eigenvalue weighted by molar-refractivity contribution is 6.04. The van der Waals surface area contributed by atoms with Gasteiger partial charge >= 0.3 is 0 Å². The van der Waals surface area contributed by atoms with E-state index in [2.05, 4.69) is 5.32 Å². The lowest BCUT2D eigenvalue weighted by Gasteiger charge is -2.12. The molecule has 0 aromatic heterocycles. The number of amides is 2. The van der Waals surface area contributed by atoms with Crippen LogP contribution >= 0.6 is 0 Å². The van der Waals surface area contributed by atoms with Crippen LogP contribution in [0.25, 0.3) is 10.8 Å². The molecule has 19 heavy (non-hydrogen) atoms. The third-order valence-electron chi connectivity index (χ3n) is 2.81. The second kappa shape index (κ2) is 5.49. The molecular weight excluding hydrogens is 242 g/mol. The van der Waals surface area contributed by atoms with E-state index in [0.29, 0.717) is 5.69 Å². The van der Waals surface area contributed by atoms with Crippen molar-refractivity contribution in [2.75, 3.05) is 5.32 Å². The van der Waals surface area contributed by atoms with Crippen LogP contribution in [0.2, 0.25) is 0 Å². The number of rotatable bonds is 4. The average molecular weight is 257 g/mol. The van der Waals surface area contributed by atoms with Crippen LogP contribution in [0, 0.1) is 0 Å². The summed E-state index contributed by atoms with van der Waals surface area (Å²) in [5.41, 5.74) is 11.3. The summed E-state index contributed by atoms with van der Waals surface area (Å²) in [6.07, 6.45) is -0.170. The number of hydrogen-bond donors (Lipinski definition) is 3. The van der Waals surface area contributed by atoms with E-state index in [-0.39, 0.29) is 6.42 Å². The minimum Gasteiger partial charge on any atom is -0.370 e. The fourth-order valence-corrected chi connectivity index (χ4v) is 1.87. The lowest BCUT2D eigenvalue weighted by atomic mass is 10.1. The quantitative estimate of drug-likeness (QED) is 0.761. The van der Waals surface area contributed by atoms with Gasteiger partial charge in [0.15, 0.2) is 0 Å². The zero-order chi connectivity index (χ0) is 13.8. The molecule has 98 valence electrons. The summed E-state index contributed by atoms with van der Waals surface area (Å²) in [7, 11) is 0. The van der Waals surface area contributed by atoms with Gasteiger partial charge in [-0.2, -0.15) is 0 Å².